The molecule has 2 aromatic carbocycles. The van der Waals surface area contributed by atoms with Gasteiger partial charge < -0.3 is 5.32 Å². The first-order chi connectivity index (χ1) is 15.1. The second kappa shape index (κ2) is 7.85. The van der Waals surface area contributed by atoms with Gasteiger partial charge in [0.2, 0.25) is 0 Å². The zero-order chi connectivity index (χ0) is 21.4. The molecule has 0 bridgehead atoms. The summed E-state index contributed by atoms with van der Waals surface area (Å²) in [7, 11) is 0. The van der Waals surface area contributed by atoms with E-state index in [2.05, 4.69) is 10.3 Å². The Labute approximate surface area is 182 Å². The van der Waals surface area contributed by atoms with E-state index in [9.17, 15) is 9.59 Å². The lowest BCUT2D eigenvalue weighted by molar-refractivity contribution is 0.243. The fourth-order valence-electron chi connectivity index (χ4n) is 3.71. The molecule has 0 aliphatic carbocycles. The van der Waals surface area contributed by atoms with Gasteiger partial charge >= 0.3 is 6.03 Å². The minimum absolute atomic E-state index is 0.106. The Morgan fingerprint density at radius 2 is 1.77 bits per heavy atom. The summed E-state index contributed by atoms with van der Waals surface area (Å²) in [6, 6.07) is 17.9. The molecule has 31 heavy (non-hydrogen) atoms. The Morgan fingerprint density at radius 1 is 0.968 bits per heavy atom. The van der Waals surface area contributed by atoms with Gasteiger partial charge in [-0.05, 0) is 55.0 Å². The van der Waals surface area contributed by atoms with Crippen molar-refractivity contribution in [2.75, 3.05) is 18.0 Å². The minimum atomic E-state index is -0.213. The molecule has 0 spiro atoms. The van der Waals surface area contributed by atoms with Crippen LogP contribution in [0.2, 0.25) is 5.02 Å². The molecular formula is C23H18ClN5O2. The summed E-state index contributed by atoms with van der Waals surface area (Å²) >= 11 is 5.99. The Kier molecular flexibility index (Phi) is 4.88. The van der Waals surface area contributed by atoms with Gasteiger partial charge in [-0.2, -0.15) is 0 Å². The third-order valence-corrected chi connectivity index (χ3v) is 5.46. The van der Waals surface area contributed by atoms with Crippen molar-refractivity contribution in [3.05, 3.63) is 82.2 Å². The van der Waals surface area contributed by atoms with Gasteiger partial charge in [0.15, 0.2) is 0 Å². The average Bonchev–Trinajstić information content (AvgIpc) is 2.80. The Morgan fingerprint density at radius 3 is 2.52 bits per heavy atom. The predicted octanol–water partition coefficient (Wildman–Crippen LogP) is 4.02. The molecule has 7 nitrogen and oxygen atoms in total. The van der Waals surface area contributed by atoms with E-state index in [1.807, 2.05) is 42.5 Å². The first-order valence-electron chi connectivity index (χ1n) is 9.91. The average molecular weight is 432 g/mol. The highest BCUT2D eigenvalue weighted by Gasteiger charge is 2.20. The number of anilines is 1. The van der Waals surface area contributed by atoms with Crippen molar-refractivity contribution < 1.29 is 4.79 Å². The number of carbonyl (C=O) groups excluding carboxylic acids is 1. The van der Waals surface area contributed by atoms with E-state index in [4.69, 9.17) is 16.6 Å². The quantitative estimate of drug-likeness (QED) is 0.531. The van der Waals surface area contributed by atoms with Gasteiger partial charge in [-0.25, -0.2) is 19.3 Å². The van der Waals surface area contributed by atoms with Gasteiger partial charge in [-0.15, -0.1) is 0 Å². The first kappa shape index (κ1) is 19.3. The second-order valence-electron chi connectivity index (χ2n) is 7.21. The molecule has 8 heteroatoms. The van der Waals surface area contributed by atoms with Crippen LogP contribution in [0.25, 0.3) is 28.1 Å². The number of carbonyl (C=O) groups is 1. The van der Waals surface area contributed by atoms with Crippen molar-refractivity contribution in [1.29, 1.82) is 0 Å². The molecule has 5 rings (SSSR count). The summed E-state index contributed by atoms with van der Waals surface area (Å²) in [5.41, 5.74) is 1.92. The van der Waals surface area contributed by atoms with Gasteiger partial charge in [0.25, 0.3) is 5.56 Å². The number of nitrogens with zero attached hydrogens (tertiary/aromatic N) is 4. The Hall–Kier alpha value is -3.71. The van der Waals surface area contributed by atoms with Crippen molar-refractivity contribution >= 4 is 34.2 Å². The summed E-state index contributed by atoms with van der Waals surface area (Å²) in [4.78, 5) is 36.3. The largest absolute Gasteiger partial charge is 0.338 e. The van der Waals surface area contributed by atoms with E-state index in [-0.39, 0.29) is 11.6 Å². The van der Waals surface area contributed by atoms with E-state index in [0.29, 0.717) is 40.7 Å². The van der Waals surface area contributed by atoms with Crippen molar-refractivity contribution in [3.63, 3.8) is 0 Å². The van der Waals surface area contributed by atoms with E-state index in [1.54, 1.807) is 23.1 Å². The van der Waals surface area contributed by atoms with Gasteiger partial charge in [0.1, 0.15) is 11.6 Å². The van der Waals surface area contributed by atoms with Crippen molar-refractivity contribution in [1.82, 2.24) is 19.9 Å². The smallest absolute Gasteiger partial charge is 0.321 e. The summed E-state index contributed by atoms with van der Waals surface area (Å²) in [5, 5.41) is 3.84. The first-order valence-corrected chi connectivity index (χ1v) is 10.3. The molecule has 0 atom stereocenters. The molecular weight excluding hydrogens is 414 g/mol. The molecule has 1 fully saturated rings. The molecule has 1 aliphatic heterocycles. The molecule has 0 radical (unpaired) electrons. The number of fused-ring (bicyclic) bond motifs is 1. The fraction of sp³-hybridized carbons (Fsp3) is 0.130. The number of rotatable bonds is 3. The number of para-hydroxylation sites is 1. The number of halogens is 1. The molecule has 0 unspecified atom stereocenters. The van der Waals surface area contributed by atoms with Crippen LogP contribution in [0, 0.1) is 0 Å². The Bertz CT molecular complexity index is 1330. The SMILES string of the molecule is O=C1NCCCN1c1ccc(-c2nc3ccccc3c(=O)n2-c2ccc(Cl)cn2)cc1. The molecule has 1 saturated heterocycles. The van der Waals surface area contributed by atoms with Crippen LogP contribution in [-0.4, -0.2) is 33.7 Å². The van der Waals surface area contributed by atoms with Gasteiger partial charge in [0.05, 0.1) is 15.9 Å². The highest BCUT2D eigenvalue weighted by Crippen LogP contribution is 2.25. The zero-order valence-corrected chi connectivity index (χ0v) is 17.2. The number of amides is 2. The minimum Gasteiger partial charge on any atom is -0.338 e. The fourth-order valence-corrected chi connectivity index (χ4v) is 3.82. The van der Waals surface area contributed by atoms with Crippen LogP contribution in [-0.2, 0) is 0 Å². The van der Waals surface area contributed by atoms with Crippen molar-refractivity contribution in [3.8, 4) is 17.2 Å². The number of aromatic nitrogens is 3. The van der Waals surface area contributed by atoms with Gasteiger partial charge in [-0.1, -0.05) is 23.7 Å². The number of benzene rings is 2. The normalized spacial score (nSPS) is 14.0. The van der Waals surface area contributed by atoms with Crippen LogP contribution in [0.3, 0.4) is 0 Å². The number of nitrogens with one attached hydrogen (secondary N) is 1. The third-order valence-electron chi connectivity index (χ3n) is 5.23. The van der Waals surface area contributed by atoms with Gasteiger partial charge in [-0.3, -0.25) is 9.69 Å². The molecule has 154 valence electrons. The standard InChI is InChI=1S/C23H18ClN5O2/c24-16-8-11-20(26-14-16)29-21(27-19-5-2-1-4-18(19)22(29)30)15-6-9-17(10-7-15)28-13-3-12-25-23(28)31/h1-2,4-11,14H,3,12-13H2,(H,25,31). The second-order valence-corrected chi connectivity index (χ2v) is 7.65. The molecule has 1 N–H and O–H groups in total. The van der Waals surface area contributed by atoms with Gasteiger partial charge in [0, 0.05) is 30.5 Å². The van der Waals surface area contributed by atoms with Crippen LogP contribution in [0.4, 0.5) is 10.5 Å². The highest BCUT2D eigenvalue weighted by molar-refractivity contribution is 6.30. The molecule has 3 heterocycles. The maximum atomic E-state index is 13.4. The van der Waals surface area contributed by atoms with Crippen LogP contribution >= 0.6 is 11.6 Å². The number of pyridine rings is 1. The van der Waals surface area contributed by atoms with Crippen LogP contribution < -0.4 is 15.8 Å². The lowest BCUT2D eigenvalue weighted by atomic mass is 10.1. The summed E-state index contributed by atoms with van der Waals surface area (Å²) in [6.07, 6.45) is 2.39. The van der Waals surface area contributed by atoms with Crippen LogP contribution in [0.1, 0.15) is 6.42 Å². The predicted molar refractivity (Wildman–Crippen MR) is 121 cm³/mol. The topological polar surface area (TPSA) is 80.1 Å². The summed E-state index contributed by atoms with van der Waals surface area (Å²) < 4.78 is 1.49. The zero-order valence-electron chi connectivity index (χ0n) is 16.5. The van der Waals surface area contributed by atoms with E-state index in [1.165, 1.54) is 10.8 Å². The van der Waals surface area contributed by atoms with Crippen LogP contribution in [0.5, 0.6) is 0 Å². The highest BCUT2D eigenvalue weighted by atomic mass is 35.5. The molecule has 2 amide bonds. The number of urea groups is 1. The maximum Gasteiger partial charge on any atom is 0.321 e. The molecule has 2 aromatic heterocycles. The van der Waals surface area contributed by atoms with Crippen molar-refractivity contribution in [2.45, 2.75) is 6.42 Å². The third kappa shape index (κ3) is 3.53. The monoisotopic (exact) mass is 431 g/mol. The maximum absolute atomic E-state index is 13.4. The molecule has 1 aliphatic rings. The van der Waals surface area contributed by atoms with Crippen LogP contribution in [0.15, 0.2) is 71.7 Å². The van der Waals surface area contributed by atoms with E-state index in [0.717, 1.165) is 17.7 Å². The van der Waals surface area contributed by atoms with Crippen molar-refractivity contribution in [2.24, 2.45) is 0 Å². The molecule has 0 saturated carbocycles. The lowest BCUT2D eigenvalue weighted by Gasteiger charge is -2.27. The summed E-state index contributed by atoms with van der Waals surface area (Å²) in [6.45, 7) is 1.35. The number of hydrogen-bond acceptors (Lipinski definition) is 4. The number of hydrogen-bond donors (Lipinski definition) is 1. The Balaban J connectivity index is 1.67. The van der Waals surface area contributed by atoms with E-state index < -0.39 is 0 Å². The summed E-state index contributed by atoms with van der Waals surface area (Å²) in [5.74, 6) is 0.898. The van der Waals surface area contributed by atoms with E-state index >= 15 is 0 Å². The molecule has 4 aromatic rings. The lowest BCUT2D eigenvalue weighted by Crippen LogP contribution is -2.46.